The molecular formula is C15H23FN2O. The fraction of sp³-hybridized carbons (Fsp3) is 0.600. The van der Waals surface area contributed by atoms with Crippen molar-refractivity contribution in [1.29, 1.82) is 0 Å². The summed E-state index contributed by atoms with van der Waals surface area (Å²) in [7, 11) is 2.10. The number of ether oxygens (including phenoxy) is 1. The third kappa shape index (κ3) is 3.32. The summed E-state index contributed by atoms with van der Waals surface area (Å²) in [5.41, 5.74) is 7.70. The Morgan fingerprint density at radius 3 is 2.68 bits per heavy atom. The van der Waals surface area contributed by atoms with Gasteiger partial charge in [0, 0.05) is 31.8 Å². The predicted octanol–water partition coefficient (Wildman–Crippen LogP) is 2.24. The summed E-state index contributed by atoms with van der Waals surface area (Å²) >= 11 is 0. The molecule has 1 aromatic carbocycles. The highest BCUT2D eigenvalue weighted by Crippen LogP contribution is 2.25. The molecule has 4 heteroatoms. The Bertz CT molecular complexity index is 419. The SMILES string of the molecule is Cc1cc(C(CN)N(C)C2CCOCC2)ccc1F. The van der Waals surface area contributed by atoms with Gasteiger partial charge in [0.25, 0.3) is 0 Å². The molecule has 1 fully saturated rings. The lowest BCUT2D eigenvalue weighted by molar-refractivity contribution is 0.0293. The van der Waals surface area contributed by atoms with Gasteiger partial charge in [0.1, 0.15) is 5.82 Å². The maximum absolute atomic E-state index is 13.4. The molecule has 1 heterocycles. The second kappa shape index (κ2) is 6.46. The number of halogens is 1. The molecule has 1 aliphatic rings. The molecule has 0 amide bonds. The van der Waals surface area contributed by atoms with Gasteiger partial charge in [-0.15, -0.1) is 0 Å². The summed E-state index contributed by atoms with van der Waals surface area (Å²) in [5, 5.41) is 0. The second-order valence-electron chi connectivity index (χ2n) is 5.27. The minimum atomic E-state index is -0.159. The summed E-state index contributed by atoms with van der Waals surface area (Å²) in [4.78, 5) is 2.31. The van der Waals surface area contributed by atoms with Crippen LogP contribution in [0.4, 0.5) is 4.39 Å². The summed E-state index contributed by atoms with van der Waals surface area (Å²) in [6.07, 6.45) is 2.07. The number of benzene rings is 1. The van der Waals surface area contributed by atoms with Gasteiger partial charge < -0.3 is 10.5 Å². The Balaban J connectivity index is 2.15. The van der Waals surface area contributed by atoms with Crippen LogP contribution in [0.2, 0.25) is 0 Å². The molecule has 1 unspecified atom stereocenters. The van der Waals surface area contributed by atoms with Crippen LogP contribution in [-0.2, 0) is 4.74 Å². The fourth-order valence-corrected chi connectivity index (χ4v) is 2.76. The minimum absolute atomic E-state index is 0.141. The van der Waals surface area contributed by atoms with Crippen LogP contribution in [0.5, 0.6) is 0 Å². The number of rotatable bonds is 4. The van der Waals surface area contributed by atoms with Gasteiger partial charge in [0.15, 0.2) is 0 Å². The zero-order valence-corrected chi connectivity index (χ0v) is 11.7. The lowest BCUT2D eigenvalue weighted by Crippen LogP contribution is -2.41. The number of aryl methyl sites for hydroxylation is 1. The minimum Gasteiger partial charge on any atom is -0.381 e. The highest BCUT2D eigenvalue weighted by atomic mass is 19.1. The average Bonchev–Trinajstić information content (AvgIpc) is 2.44. The molecule has 0 radical (unpaired) electrons. The van der Waals surface area contributed by atoms with Crippen molar-refractivity contribution in [2.45, 2.75) is 31.8 Å². The molecule has 19 heavy (non-hydrogen) atoms. The third-order valence-electron chi connectivity index (χ3n) is 4.05. The van der Waals surface area contributed by atoms with Gasteiger partial charge in [0.2, 0.25) is 0 Å². The third-order valence-corrected chi connectivity index (χ3v) is 4.05. The fourth-order valence-electron chi connectivity index (χ4n) is 2.76. The van der Waals surface area contributed by atoms with Crippen molar-refractivity contribution in [3.8, 4) is 0 Å². The zero-order chi connectivity index (χ0) is 13.8. The normalized spacial score (nSPS) is 18.8. The molecular weight excluding hydrogens is 243 g/mol. The van der Waals surface area contributed by atoms with E-state index in [1.54, 1.807) is 6.92 Å². The monoisotopic (exact) mass is 266 g/mol. The molecule has 106 valence electrons. The predicted molar refractivity (Wildman–Crippen MR) is 74.5 cm³/mol. The molecule has 1 atom stereocenters. The van der Waals surface area contributed by atoms with E-state index in [0.29, 0.717) is 18.2 Å². The highest BCUT2D eigenvalue weighted by Gasteiger charge is 2.25. The Kier molecular flexibility index (Phi) is 4.91. The van der Waals surface area contributed by atoms with Gasteiger partial charge in [-0.1, -0.05) is 12.1 Å². The van der Waals surface area contributed by atoms with Crippen molar-refractivity contribution < 1.29 is 9.13 Å². The first kappa shape index (κ1) is 14.4. The van der Waals surface area contributed by atoms with Gasteiger partial charge in [-0.05, 0) is 44.0 Å². The van der Waals surface area contributed by atoms with Gasteiger partial charge in [-0.25, -0.2) is 4.39 Å². The summed E-state index contributed by atoms with van der Waals surface area (Å²) in [6.45, 7) is 3.96. The standard InChI is InChI=1S/C15H23FN2O/c1-11-9-12(3-4-14(11)16)15(10-17)18(2)13-5-7-19-8-6-13/h3-4,9,13,15H,5-8,10,17H2,1-2H3. The molecule has 0 bridgehead atoms. The topological polar surface area (TPSA) is 38.5 Å². The van der Waals surface area contributed by atoms with Crippen molar-refractivity contribution >= 4 is 0 Å². The smallest absolute Gasteiger partial charge is 0.126 e. The van der Waals surface area contributed by atoms with Crippen molar-refractivity contribution in [2.24, 2.45) is 5.73 Å². The van der Waals surface area contributed by atoms with Crippen LogP contribution in [0.3, 0.4) is 0 Å². The molecule has 3 nitrogen and oxygen atoms in total. The van der Waals surface area contributed by atoms with E-state index in [-0.39, 0.29) is 11.9 Å². The maximum Gasteiger partial charge on any atom is 0.126 e. The highest BCUT2D eigenvalue weighted by molar-refractivity contribution is 5.27. The molecule has 0 aromatic heterocycles. The van der Waals surface area contributed by atoms with Gasteiger partial charge in [0.05, 0.1) is 0 Å². The molecule has 0 aliphatic carbocycles. The van der Waals surface area contributed by atoms with Gasteiger partial charge >= 0.3 is 0 Å². The molecule has 1 aliphatic heterocycles. The van der Waals surface area contributed by atoms with Crippen LogP contribution in [-0.4, -0.2) is 37.7 Å². The first-order valence-corrected chi connectivity index (χ1v) is 6.89. The first-order chi connectivity index (χ1) is 9.13. The van der Waals surface area contributed by atoms with Crippen LogP contribution in [0, 0.1) is 12.7 Å². The van der Waals surface area contributed by atoms with E-state index < -0.39 is 0 Å². The van der Waals surface area contributed by atoms with Crippen molar-refractivity contribution in [1.82, 2.24) is 4.90 Å². The summed E-state index contributed by atoms with van der Waals surface area (Å²) in [6, 6.07) is 5.92. The van der Waals surface area contributed by atoms with Crippen LogP contribution in [0.15, 0.2) is 18.2 Å². The number of nitrogens with zero attached hydrogens (tertiary/aromatic N) is 1. The Morgan fingerprint density at radius 2 is 2.11 bits per heavy atom. The molecule has 0 spiro atoms. The summed E-state index contributed by atoms with van der Waals surface area (Å²) < 4.78 is 18.8. The van der Waals surface area contributed by atoms with Crippen LogP contribution in [0.25, 0.3) is 0 Å². The Labute approximate surface area is 114 Å². The van der Waals surface area contributed by atoms with E-state index >= 15 is 0 Å². The lowest BCUT2D eigenvalue weighted by Gasteiger charge is -2.37. The van der Waals surface area contributed by atoms with Gasteiger partial charge in [-0.2, -0.15) is 0 Å². The quantitative estimate of drug-likeness (QED) is 0.908. The summed E-state index contributed by atoms with van der Waals surface area (Å²) in [5.74, 6) is -0.159. The maximum atomic E-state index is 13.4. The Morgan fingerprint density at radius 1 is 1.42 bits per heavy atom. The van der Waals surface area contributed by atoms with Crippen LogP contribution >= 0.6 is 0 Å². The molecule has 0 saturated carbocycles. The number of nitrogens with two attached hydrogens (primary N) is 1. The number of likely N-dealkylation sites (N-methyl/N-ethyl adjacent to an activating group) is 1. The molecule has 2 rings (SSSR count). The van der Waals surface area contributed by atoms with Crippen molar-refractivity contribution in [2.75, 3.05) is 26.8 Å². The average molecular weight is 266 g/mol. The van der Waals surface area contributed by atoms with Crippen molar-refractivity contribution in [3.63, 3.8) is 0 Å². The zero-order valence-electron chi connectivity index (χ0n) is 11.7. The van der Waals surface area contributed by atoms with Gasteiger partial charge in [-0.3, -0.25) is 4.90 Å². The van der Waals surface area contributed by atoms with E-state index in [0.717, 1.165) is 31.6 Å². The van der Waals surface area contributed by atoms with E-state index in [9.17, 15) is 4.39 Å². The van der Waals surface area contributed by atoms with E-state index in [1.165, 1.54) is 6.07 Å². The largest absolute Gasteiger partial charge is 0.381 e. The second-order valence-corrected chi connectivity index (χ2v) is 5.27. The number of hydrogen-bond donors (Lipinski definition) is 1. The van der Waals surface area contributed by atoms with E-state index in [4.69, 9.17) is 10.5 Å². The lowest BCUT2D eigenvalue weighted by atomic mass is 9.99. The molecule has 1 saturated heterocycles. The van der Waals surface area contributed by atoms with E-state index in [1.807, 2.05) is 12.1 Å². The van der Waals surface area contributed by atoms with E-state index in [2.05, 4.69) is 11.9 Å². The molecule has 2 N–H and O–H groups in total. The number of hydrogen-bond acceptors (Lipinski definition) is 3. The van der Waals surface area contributed by atoms with Crippen LogP contribution in [0.1, 0.15) is 30.0 Å². The molecule has 1 aromatic rings. The Hall–Kier alpha value is -0.970. The first-order valence-electron chi connectivity index (χ1n) is 6.89. The van der Waals surface area contributed by atoms with Crippen LogP contribution < -0.4 is 5.73 Å². The van der Waals surface area contributed by atoms with Crippen molar-refractivity contribution in [3.05, 3.63) is 35.1 Å².